The van der Waals surface area contributed by atoms with Crippen LogP contribution in [-0.2, 0) is 6.54 Å². The Morgan fingerprint density at radius 3 is 2.84 bits per heavy atom. The first-order valence-corrected chi connectivity index (χ1v) is 6.84. The molecular weight excluding hydrogens is 241 g/mol. The molecule has 1 saturated heterocycles. The second-order valence-corrected chi connectivity index (χ2v) is 5.14. The summed E-state index contributed by atoms with van der Waals surface area (Å²) in [6, 6.07) is 6.99. The van der Waals surface area contributed by atoms with Gasteiger partial charge in [0.25, 0.3) is 0 Å². The van der Waals surface area contributed by atoms with E-state index < -0.39 is 0 Å². The molecule has 102 valence electrons. The van der Waals surface area contributed by atoms with Gasteiger partial charge in [0.05, 0.1) is 11.6 Å². The summed E-state index contributed by atoms with van der Waals surface area (Å²) in [5, 5.41) is 12.1. The van der Waals surface area contributed by atoms with Gasteiger partial charge in [0.1, 0.15) is 5.82 Å². The highest BCUT2D eigenvalue weighted by atomic mass is 19.1. The number of nitrogens with one attached hydrogen (secondary N) is 1. The monoisotopic (exact) mass is 261 g/mol. The maximum absolute atomic E-state index is 13.6. The Kier molecular flexibility index (Phi) is 4.89. The molecule has 0 radical (unpaired) electrons. The van der Waals surface area contributed by atoms with Gasteiger partial charge in [-0.15, -0.1) is 0 Å². The van der Waals surface area contributed by atoms with E-state index in [9.17, 15) is 4.39 Å². The summed E-state index contributed by atoms with van der Waals surface area (Å²) in [4.78, 5) is 2.45. The van der Waals surface area contributed by atoms with Crippen molar-refractivity contribution in [2.24, 2.45) is 0 Å². The summed E-state index contributed by atoms with van der Waals surface area (Å²) in [6.07, 6.45) is 2.56. The first kappa shape index (κ1) is 14.0. The van der Waals surface area contributed by atoms with Gasteiger partial charge >= 0.3 is 0 Å². The fraction of sp³-hybridized carbons (Fsp3) is 0.533. The maximum atomic E-state index is 13.6. The van der Waals surface area contributed by atoms with Crippen LogP contribution >= 0.6 is 0 Å². The van der Waals surface area contributed by atoms with Crippen LogP contribution in [0.25, 0.3) is 0 Å². The zero-order chi connectivity index (χ0) is 13.7. The van der Waals surface area contributed by atoms with Crippen molar-refractivity contribution in [1.29, 1.82) is 5.26 Å². The van der Waals surface area contributed by atoms with E-state index in [1.165, 1.54) is 38.1 Å². The van der Waals surface area contributed by atoms with Crippen LogP contribution in [0.5, 0.6) is 0 Å². The second kappa shape index (κ2) is 6.65. The number of nitriles is 1. The van der Waals surface area contributed by atoms with Gasteiger partial charge in [-0.2, -0.15) is 5.26 Å². The third-order valence-corrected chi connectivity index (χ3v) is 3.69. The summed E-state index contributed by atoms with van der Waals surface area (Å²) >= 11 is 0. The van der Waals surface area contributed by atoms with Crippen LogP contribution in [0.15, 0.2) is 18.2 Å². The van der Waals surface area contributed by atoms with Crippen LogP contribution in [0.1, 0.15) is 30.9 Å². The van der Waals surface area contributed by atoms with Gasteiger partial charge in [0.2, 0.25) is 0 Å². The highest BCUT2D eigenvalue weighted by Crippen LogP contribution is 2.12. The van der Waals surface area contributed by atoms with Gasteiger partial charge in [0.15, 0.2) is 0 Å². The van der Waals surface area contributed by atoms with Crippen LogP contribution in [0, 0.1) is 17.1 Å². The lowest BCUT2D eigenvalue weighted by molar-refractivity contribution is 0.251. The minimum atomic E-state index is -0.250. The van der Waals surface area contributed by atoms with Crippen LogP contribution < -0.4 is 5.32 Å². The van der Waals surface area contributed by atoms with Gasteiger partial charge in [0, 0.05) is 24.7 Å². The number of nitrogens with zero attached hydrogens (tertiary/aromatic N) is 2. The quantitative estimate of drug-likeness (QED) is 0.883. The predicted molar refractivity (Wildman–Crippen MR) is 73.1 cm³/mol. The van der Waals surface area contributed by atoms with Gasteiger partial charge in [-0.3, -0.25) is 4.90 Å². The Morgan fingerprint density at radius 2 is 2.16 bits per heavy atom. The third kappa shape index (κ3) is 3.76. The Bertz CT molecular complexity index is 461. The van der Waals surface area contributed by atoms with E-state index in [4.69, 9.17) is 5.26 Å². The van der Waals surface area contributed by atoms with Gasteiger partial charge < -0.3 is 5.32 Å². The SMILES string of the molecule is CC(CNCc1cc(C#N)ccc1F)N1CCCC1. The number of rotatable bonds is 5. The molecule has 4 heteroatoms. The molecule has 0 saturated carbocycles. The van der Waals surface area contributed by atoms with Crippen molar-refractivity contribution >= 4 is 0 Å². The summed E-state index contributed by atoms with van der Waals surface area (Å²) in [5.74, 6) is -0.250. The number of hydrogen-bond donors (Lipinski definition) is 1. The van der Waals surface area contributed by atoms with E-state index >= 15 is 0 Å². The maximum Gasteiger partial charge on any atom is 0.127 e. The molecule has 1 N–H and O–H groups in total. The molecule has 0 amide bonds. The molecule has 0 bridgehead atoms. The molecule has 19 heavy (non-hydrogen) atoms. The zero-order valence-electron chi connectivity index (χ0n) is 11.3. The average molecular weight is 261 g/mol. The Morgan fingerprint density at radius 1 is 1.42 bits per heavy atom. The smallest absolute Gasteiger partial charge is 0.127 e. The molecule has 1 heterocycles. The molecule has 1 unspecified atom stereocenters. The molecule has 0 aliphatic carbocycles. The largest absolute Gasteiger partial charge is 0.311 e. The number of halogens is 1. The molecule has 1 atom stereocenters. The highest BCUT2D eigenvalue weighted by Gasteiger charge is 2.17. The molecule has 1 fully saturated rings. The lowest BCUT2D eigenvalue weighted by atomic mass is 10.1. The standard InChI is InChI=1S/C15H20FN3/c1-12(19-6-2-3-7-19)10-18-11-14-8-13(9-17)4-5-15(14)16/h4-5,8,12,18H,2-3,6-7,10-11H2,1H3. The van der Waals surface area contributed by atoms with Crippen molar-refractivity contribution in [3.63, 3.8) is 0 Å². The van der Waals surface area contributed by atoms with Crippen molar-refractivity contribution in [2.75, 3.05) is 19.6 Å². The molecule has 3 nitrogen and oxygen atoms in total. The minimum absolute atomic E-state index is 0.250. The van der Waals surface area contributed by atoms with E-state index in [0.717, 1.165) is 6.54 Å². The molecule has 1 aromatic carbocycles. The highest BCUT2D eigenvalue weighted by molar-refractivity contribution is 5.33. The van der Waals surface area contributed by atoms with Crippen LogP contribution in [-0.4, -0.2) is 30.6 Å². The van der Waals surface area contributed by atoms with Crippen LogP contribution in [0.3, 0.4) is 0 Å². The van der Waals surface area contributed by atoms with Gasteiger partial charge in [-0.1, -0.05) is 0 Å². The fourth-order valence-electron chi connectivity index (χ4n) is 2.51. The molecule has 0 aromatic heterocycles. The van der Waals surface area contributed by atoms with E-state index in [0.29, 0.717) is 23.7 Å². The first-order chi connectivity index (χ1) is 9.20. The Hall–Kier alpha value is -1.44. The molecule has 0 spiro atoms. The molecular formula is C15H20FN3. The molecule has 1 aromatic rings. The fourth-order valence-corrected chi connectivity index (χ4v) is 2.51. The topological polar surface area (TPSA) is 39.1 Å². The van der Waals surface area contributed by atoms with E-state index in [-0.39, 0.29) is 5.82 Å². The Balaban J connectivity index is 1.83. The lowest BCUT2D eigenvalue weighted by Crippen LogP contribution is -2.38. The molecule has 2 rings (SSSR count). The zero-order valence-corrected chi connectivity index (χ0v) is 11.3. The van der Waals surface area contributed by atoms with Gasteiger partial charge in [-0.05, 0) is 51.1 Å². The van der Waals surface area contributed by atoms with E-state index in [1.54, 1.807) is 6.07 Å². The van der Waals surface area contributed by atoms with Crippen LogP contribution in [0.4, 0.5) is 4.39 Å². The summed E-state index contributed by atoms with van der Waals surface area (Å²) in [7, 11) is 0. The number of hydrogen-bond acceptors (Lipinski definition) is 3. The molecule has 1 aliphatic rings. The number of likely N-dealkylation sites (tertiary alicyclic amines) is 1. The van der Waals surface area contributed by atoms with Crippen molar-refractivity contribution in [2.45, 2.75) is 32.4 Å². The Labute approximate surface area is 114 Å². The van der Waals surface area contributed by atoms with E-state index in [1.807, 2.05) is 6.07 Å². The summed E-state index contributed by atoms with van der Waals surface area (Å²) < 4.78 is 13.6. The first-order valence-electron chi connectivity index (χ1n) is 6.84. The number of benzene rings is 1. The van der Waals surface area contributed by atoms with E-state index in [2.05, 4.69) is 17.1 Å². The van der Waals surface area contributed by atoms with Crippen LogP contribution in [0.2, 0.25) is 0 Å². The van der Waals surface area contributed by atoms with Crippen molar-refractivity contribution in [3.05, 3.63) is 35.1 Å². The van der Waals surface area contributed by atoms with Crippen molar-refractivity contribution in [3.8, 4) is 6.07 Å². The van der Waals surface area contributed by atoms with Crippen molar-refractivity contribution in [1.82, 2.24) is 10.2 Å². The second-order valence-electron chi connectivity index (χ2n) is 5.14. The summed E-state index contributed by atoms with van der Waals surface area (Å²) in [6.45, 7) is 5.85. The lowest BCUT2D eigenvalue weighted by Gasteiger charge is -2.24. The normalized spacial score (nSPS) is 17.3. The third-order valence-electron chi connectivity index (χ3n) is 3.69. The van der Waals surface area contributed by atoms with Crippen molar-refractivity contribution < 1.29 is 4.39 Å². The average Bonchev–Trinajstić information content (AvgIpc) is 2.95. The summed E-state index contributed by atoms with van der Waals surface area (Å²) in [5.41, 5.74) is 1.07. The predicted octanol–water partition coefficient (Wildman–Crippen LogP) is 2.27. The minimum Gasteiger partial charge on any atom is -0.311 e. The molecule has 1 aliphatic heterocycles. The van der Waals surface area contributed by atoms with Gasteiger partial charge in [-0.25, -0.2) is 4.39 Å².